The van der Waals surface area contributed by atoms with Gasteiger partial charge in [0.2, 0.25) is 0 Å². The average molecular weight is 471 g/mol. The Hall–Kier alpha value is -2.60. The third-order valence-corrected chi connectivity index (χ3v) is 6.20. The number of ether oxygens (including phenoxy) is 1. The molecule has 1 unspecified atom stereocenters. The highest BCUT2D eigenvalue weighted by Crippen LogP contribution is 2.33. The van der Waals surface area contributed by atoms with E-state index in [9.17, 15) is 4.79 Å². The number of carbonyl (C=O) groups excluding carboxylic acids is 1. The van der Waals surface area contributed by atoms with E-state index in [1.54, 1.807) is 0 Å². The summed E-state index contributed by atoms with van der Waals surface area (Å²) in [5.41, 5.74) is 3.47. The molecular weight excluding hydrogens is 451 g/mol. The van der Waals surface area contributed by atoms with Crippen LogP contribution >= 0.6 is 35.0 Å². The molecule has 2 N–H and O–H groups in total. The highest BCUT2D eigenvalue weighted by atomic mass is 35.5. The lowest BCUT2D eigenvalue weighted by Crippen LogP contribution is -2.31. The second-order valence-corrected chi connectivity index (χ2v) is 9.06. The fourth-order valence-electron chi connectivity index (χ4n) is 3.12. The zero-order valence-corrected chi connectivity index (χ0v) is 19.0. The fourth-order valence-corrected chi connectivity index (χ4v) is 4.47. The van der Waals surface area contributed by atoms with Crippen molar-refractivity contribution in [2.24, 2.45) is 0 Å². The van der Waals surface area contributed by atoms with Gasteiger partial charge in [0.25, 0.3) is 5.91 Å². The number of hydrogen-bond acceptors (Lipinski definition) is 4. The normalized spacial score (nSPS) is 16.9. The summed E-state index contributed by atoms with van der Waals surface area (Å²) >= 11 is 13.6. The van der Waals surface area contributed by atoms with Gasteiger partial charge in [-0.05, 0) is 54.5 Å². The Labute approximate surface area is 195 Å². The van der Waals surface area contributed by atoms with Gasteiger partial charge in [-0.15, -0.1) is 0 Å². The zero-order valence-electron chi connectivity index (χ0n) is 16.7. The Bertz CT molecular complexity index is 1150. The lowest BCUT2D eigenvalue weighted by Gasteiger charge is -2.15. The van der Waals surface area contributed by atoms with Crippen LogP contribution in [0, 0.1) is 6.92 Å². The summed E-state index contributed by atoms with van der Waals surface area (Å²) in [5.74, 6) is 0.567. The number of carbonyl (C=O) groups is 1. The predicted molar refractivity (Wildman–Crippen MR) is 130 cm³/mol. The summed E-state index contributed by atoms with van der Waals surface area (Å²) in [5, 5.41) is 7.59. The average Bonchev–Trinajstić information content (AvgIpc) is 3.09. The van der Waals surface area contributed by atoms with Crippen molar-refractivity contribution in [1.29, 1.82) is 0 Å². The Balaban J connectivity index is 1.48. The number of benzene rings is 3. The summed E-state index contributed by atoms with van der Waals surface area (Å²) in [6, 6.07) is 20.8. The molecule has 0 spiro atoms. The number of nitrogens with one attached hydrogen (secondary N) is 2. The first kappa shape index (κ1) is 21.6. The molecule has 0 aromatic heterocycles. The van der Waals surface area contributed by atoms with Gasteiger partial charge in [-0.2, -0.15) is 0 Å². The van der Waals surface area contributed by atoms with Gasteiger partial charge in [-0.1, -0.05) is 71.4 Å². The molecule has 3 aromatic rings. The van der Waals surface area contributed by atoms with Crippen molar-refractivity contribution in [3.05, 3.63) is 98.4 Å². The summed E-state index contributed by atoms with van der Waals surface area (Å²) in [6.45, 7) is 2.38. The van der Waals surface area contributed by atoms with Gasteiger partial charge in [-0.25, -0.2) is 0 Å². The van der Waals surface area contributed by atoms with Gasteiger partial charge in [0.1, 0.15) is 12.4 Å². The highest BCUT2D eigenvalue weighted by Gasteiger charge is 2.27. The van der Waals surface area contributed by atoms with Crippen molar-refractivity contribution in [2.45, 2.75) is 19.0 Å². The fraction of sp³-hybridized carbons (Fsp3) is 0.125. The molecule has 1 fully saturated rings. The largest absolute Gasteiger partial charge is 0.488 e. The number of aryl methyl sites for hydroxylation is 1. The number of para-hydroxylation sites is 1. The number of halogens is 2. The van der Waals surface area contributed by atoms with Gasteiger partial charge in [0.15, 0.2) is 5.50 Å². The number of anilines is 1. The first-order valence-electron chi connectivity index (χ1n) is 9.66. The monoisotopic (exact) mass is 470 g/mol. The van der Waals surface area contributed by atoms with Crippen molar-refractivity contribution in [1.82, 2.24) is 5.32 Å². The molecule has 7 heteroatoms. The van der Waals surface area contributed by atoms with Crippen LogP contribution in [-0.4, -0.2) is 11.4 Å². The quantitative estimate of drug-likeness (QED) is 0.404. The Morgan fingerprint density at radius 3 is 2.71 bits per heavy atom. The van der Waals surface area contributed by atoms with E-state index in [0.717, 1.165) is 22.4 Å². The van der Waals surface area contributed by atoms with Gasteiger partial charge in [0.05, 0.1) is 4.91 Å². The van der Waals surface area contributed by atoms with E-state index in [0.29, 0.717) is 27.3 Å². The summed E-state index contributed by atoms with van der Waals surface area (Å²) in [6.07, 6.45) is 1.85. The molecule has 4 nitrogen and oxygen atoms in total. The first-order valence-corrected chi connectivity index (χ1v) is 11.3. The second-order valence-electron chi connectivity index (χ2n) is 7.04. The van der Waals surface area contributed by atoms with Gasteiger partial charge >= 0.3 is 0 Å². The Morgan fingerprint density at radius 2 is 1.87 bits per heavy atom. The maximum absolute atomic E-state index is 12.5. The number of thioether (sulfide) groups is 1. The molecule has 0 saturated carbocycles. The Kier molecular flexibility index (Phi) is 6.76. The molecular formula is C24H20Cl2N2O2S. The maximum atomic E-state index is 12.5. The number of rotatable bonds is 6. The topological polar surface area (TPSA) is 50.4 Å². The summed E-state index contributed by atoms with van der Waals surface area (Å²) in [4.78, 5) is 13.1. The second kappa shape index (κ2) is 9.69. The van der Waals surface area contributed by atoms with Crippen molar-refractivity contribution in [2.75, 3.05) is 5.32 Å². The van der Waals surface area contributed by atoms with Gasteiger partial charge in [-0.3, -0.25) is 4.79 Å². The van der Waals surface area contributed by atoms with Crippen molar-refractivity contribution < 1.29 is 9.53 Å². The van der Waals surface area contributed by atoms with E-state index in [2.05, 4.69) is 10.6 Å². The van der Waals surface area contributed by atoms with Crippen LogP contribution in [0.5, 0.6) is 5.75 Å². The summed E-state index contributed by atoms with van der Waals surface area (Å²) in [7, 11) is 0. The minimum atomic E-state index is -0.282. The van der Waals surface area contributed by atoms with Crippen molar-refractivity contribution >= 4 is 52.6 Å². The molecule has 1 heterocycles. The minimum Gasteiger partial charge on any atom is -0.488 e. The molecule has 0 radical (unpaired) electrons. The van der Waals surface area contributed by atoms with Crippen LogP contribution in [0.25, 0.3) is 6.08 Å². The van der Waals surface area contributed by atoms with E-state index in [1.807, 2.05) is 79.7 Å². The Morgan fingerprint density at radius 1 is 1.06 bits per heavy atom. The minimum absolute atomic E-state index is 0.133. The molecule has 158 valence electrons. The zero-order chi connectivity index (χ0) is 21.8. The molecule has 1 amide bonds. The number of amides is 1. The SMILES string of the molecule is Cc1ccc(Cl)cc1NC1NC(=O)/C(=C/c2ccccc2OCc2cccc(Cl)c2)S1. The van der Waals surface area contributed by atoms with Crippen LogP contribution in [0.2, 0.25) is 10.0 Å². The standard InChI is InChI=1S/C24H20Cl2N2O2S/c1-15-9-10-19(26)13-20(15)27-24-28-23(29)22(31-24)12-17-6-2-3-8-21(17)30-14-16-5-4-7-18(25)11-16/h2-13,24,27H,14H2,1H3,(H,28,29)/b22-12-. The van der Waals surface area contributed by atoms with E-state index < -0.39 is 0 Å². The lowest BCUT2D eigenvalue weighted by atomic mass is 10.2. The molecule has 1 saturated heterocycles. The molecule has 3 aromatic carbocycles. The molecule has 1 aliphatic heterocycles. The molecule has 4 rings (SSSR count). The third-order valence-electron chi connectivity index (χ3n) is 4.71. The number of hydrogen-bond donors (Lipinski definition) is 2. The molecule has 1 aliphatic rings. The molecule has 0 aliphatic carbocycles. The highest BCUT2D eigenvalue weighted by molar-refractivity contribution is 8.05. The molecule has 31 heavy (non-hydrogen) atoms. The van der Waals surface area contributed by atoms with Gasteiger partial charge < -0.3 is 15.4 Å². The van der Waals surface area contributed by atoms with E-state index in [4.69, 9.17) is 27.9 Å². The van der Waals surface area contributed by atoms with Crippen molar-refractivity contribution in [3.63, 3.8) is 0 Å². The van der Waals surface area contributed by atoms with Gasteiger partial charge in [0, 0.05) is 21.3 Å². The maximum Gasteiger partial charge on any atom is 0.260 e. The first-order chi connectivity index (χ1) is 15.0. The van der Waals surface area contributed by atoms with E-state index in [-0.39, 0.29) is 11.4 Å². The molecule has 0 bridgehead atoms. The van der Waals surface area contributed by atoms with Crippen LogP contribution in [0.4, 0.5) is 5.69 Å². The van der Waals surface area contributed by atoms with E-state index in [1.165, 1.54) is 11.8 Å². The van der Waals surface area contributed by atoms with Crippen LogP contribution in [-0.2, 0) is 11.4 Å². The third kappa shape index (κ3) is 5.56. The lowest BCUT2D eigenvalue weighted by molar-refractivity contribution is -0.116. The summed E-state index contributed by atoms with van der Waals surface area (Å²) < 4.78 is 6.00. The van der Waals surface area contributed by atoms with Crippen LogP contribution in [0.3, 0.4) is 0 Å². The predicted octanol–water partition coefficient (Wildman–Crippen LogP) is 6.48. The smallest absolute Gasteiger partial charge is 0.260 e. The van der Waals surface area contributed by atoms with Crippen LogP contribution < -0.4 is 15.4 Å². The molecule has 1 atom stereocenters. The van der Waals surface area contributed by atoms with Crippen LogP contribution in [0.1, 0.15) is 16.7 Å². The van der Waals surface area contributed by atoms with Crippen molar-refractivity contribution in [3.8, 4) is 5.75 Å². The van der Waals surface area contributed by atoms with E-state index >= 15 is 0 Å². The van der Waals surface area contributed by atoms with Crippen LogP contribution in [0.15, 0.2) is 71.6 Å².